The van der Waals surface area contributed by atoms with E-state index < -0.39 is 36.9 Å². The highest BCUT2D eigenvalue weighted by Gasteiger charge is 2.49. The van der Waals surface area contributed by atoms with E-state index in [2.05, 4.69) is 16.6 Å². The molecule has 0 amide bonds. The van der Waals surface area contributed by atoms with Crippen molar-refractivity contribution in [1.29, 1.82) is 0 Å². The number of rotatable bonds is 10. The van der Waals surface area contributed by atoms with E-state index in [-0.39, 0.29) is 6.61 Å². The molecule has 0 spiro atoms. The van der Waals surface area contributed by atoms with Crippen molar-refractivity contribution >= 4 is 0 Å². The van der Waals surface area contributed by atoms with Gasteiger partial charge in [0.25, 0.3) is 0 Å². The number of aliphatic hydroxyl groups excluding tert-OH is 1. The van der Waals surface area contributed by atoms with Crippen LogP contribution in [0.4, 0.5) is 0 Å². The Morgan fingerprint density at radius 2 is 2.00 bits per heavy atom. The second-order valence-electron chi connectivity index (χ2n) is 7.27. The largest absolute Gasteiger partial charge is 0.390 e. The van der Waals surface area contributed by atoms with Crippen LogP contribution in [0.3, 0.4) is 0 Å². The number of fused-ring (bicyclic) bond motifs is 1. The number of benzene rings is 1. The van der Waals surface area contributed by atoms with Gasteiger partial charge in [0.15, 0.2) is 12.6 Å². The molecule has 1 aromatic carbocycles. The third-order valence-electron chi connectivity index (χ3n) is 5.17. The van der Waals surface area contributed by atoms with Gasteiger partial charge in [-0.15, -0.1) is 6.58 Å². The molecular weight excluding hydrogens is 374 g/mol. The Bertz CT molecular complexity index is 682. The lowest BCUT2D eigenvalue weighted by molar-refractivity contribution is -0.341. The van der Waals surface area contributed by atoms with Gasteiger partial charge in [0.2, 0.25) is 0 Å². The minimum atomic E-state index is -1.04. The zero-order valence-electron chi connectivity index (χ0n) is 16.5. The van der Waals surface area contributed by atoms with E-state index in [0.717, 1.165) is 37.7 Å². The Hall–Kier alpha value is -1.93. The van der Waals surface area contributed by atoms with E-state index >= 15 is 0 Å². The molecule has 1 aromatic rings. The fourth-order valence-corrected chi connectivity index (χ4v) is 3.62. The molecule has 2 saturated heterocycles. The summed E-state index contributed by atoms with van der Waals surface area (Å²) in [6.45, 7) is 4.44. The minimum absolute atomic E-state index is 0.256. The third kappa shape index (κ3) is 5.79. The molecule has 8 nitrogen and oxygen atoms in total. The lowest BCUT2D eigenvalue weighted by atomic mass is 9.96. The van der Waals surface area contributed by atoms with E-state index in [1.54, 1.807) is 0 Å². The number of hydrogen-bond donors (Lipinski definition) is 1. The molecule has 158 valence electrons. The van der Waals surface area contributed by atoms with Crippen molar-refractivity contribution in [2.24, 2.45) is 5.11 Å². The zero-order valence-corrected chi connectivity index (χ0v) is 16.5. The summed E-state index contributed by atoms with van der Waals surface area (Å²) in [6, 6.07) is 8.61. The fraction of sp³-hybridized carbons (Fsp3) is 0.619. The van der Waals surface area contributed by atoms with Gasteiger partial charge in [0.05, 0.1) is 12.7 Å². The molecule has 3 rings (SSSR count). The predicted molar refractivity (Wildman–Crippen MR) is 107 cm³/mol. The summed E-state index contributed by atoms with van der Waals surface area (Å²) in [6.07, 6.45) is 3.44. The van der Waals surface area contributed by atoms with E-state index in [9.17, 15) is 5.11 Å². The molecule has 3 unspecified atom stereocenters. The molecule has 29 heavy (non-hydrogen) atoms. The van der Waals surface area contributed by atoms with Crippen LogP contribution in [0, 0.1) is 0 Å². The van der Waals surface area contributed by atoms with Crippen molar-refractivity contribution in [2.45, 2.75) is 69.0 Å². The molecule has 0 bridgehead atoms. The van der Waals surface area contributed by atoms with Gasteiger partial charge >= 0.3 is 0 Å². The summed E-state index contributed by atoms with van der Waals surface area (Å²) < 4.78 is 23.5. The molecule has 0 radical (unpaired) electrons. The van der Waals surface area contributed by atoms with Crippen LogP contribution in [0.15, 0.2) is 48.1 Å². The quantitative estimate of drug-likeness (QED) is 0.209. The highest BCUT2D eigenvalue weighted by atomic mass is 16.7. The lowest BCUT2D eigenvalue weighted by Gasteiger charge is -2.46. The van der Waals surface area contributed by atoms with E-state index in [1.807, 2.05) is 36.4 Å². The molecule has 2 aliphatic rings. The number of azide groups is 1. The first kappa shape index (κ1) is 21.8. The maximum absolute atomic E-state index is 10.8. The van der Waals surface area contributed by atoms with Gasteiger partial charge in [-0.05, 0) is 24.8 Å². The molecule has 2 aliphatic heterocycles. The Kier molecular flexibility index (Phi) is 8.49. The normalized spacial score (nSPS) is 31.5. The number of aliphatic hydroxyl groups is 1. The topological polar surface area (TPSA) is 106 Å². The summed E-state index contributed by atoms with van der Waals surface area (Å²) in [5.41, 5.74) is 9.79. The molecule has 2 fully saturated rings. The number of allylic oxidation sites excluding steroid dienone is 1. The zero-order chi connectivity index (χ0) is 20.5. The molecule has 8 heteroatoms. The summed E-state index contributed by atoms with van der Waals surface area (Å²) in [5.74, 6) is 0. The average Bonchev–Trinajstić information content (AvgIpc) is 2.76. The standard InChI is InChI=1S/C21H29N3O5/c1-2-3-4-5-6-10-13-26-21-17(23-24-22)18(25)19-16(28-21)14-27-20(29-19)15-11-8-7-9-12-15/h2,7-9,11-12,16-21,25H,1,3-6,10,13-14H2/t16?,17-,18?,19+,20?,21+/m0/s1. The number of hydrogen-bond acceptors (Lipinski definition) is 6. The molecule has 0 saturated carbocycles. The van der Waals surface area contributed by atoms with Crippen LogP contribution >= 0.6 is 0 Å². The highest BCUT2D eigenvalue weighted by molar-refractivity contribution is 5.16. The minimum Gasteiger partial charge on any atom is -0.390 e. The van der Waals surface area contributed by atoms with Crippen molar-refractivity contribution in [3.05, 3.63) is 59.0 Å². The Labute approximate surface area is 171 Å². The number of nitrogens with zero attached hydrogens (tertiary/aromatic N) is 3. The second kappa shape index (κ2) is 11.3. The average molecular weight is 403 g/mol. The molecule has 1 N–H and O–H groups in total. The summed E-state index contributed by atoms with van der Waals surface area (Å²) in [7, 11) is 0. The fourth-order valence-electron chi connectivity index (χ4n) is 3.62. The molecule has 0 aromatic heterocycles. The summed E-state index contributed by atoms with van der Waals surface area (Å²) in [5, 5.41) is 14.5. The van der Waals surface area contributed by atoms with Crippen molar-refractivity contribution in [2.75, 3.05) is 13.2 Å². The van der Waals surface area contributed by atoms with Crippen molar-refractivity contribution < 1.29 is 24.1 Å². The maximum atomic E-state index is 10.8. The first-order valence-corrected chi connectivity index (χ1v) is 10.2. The van der Waals surface area contributed by atoms with Crippen molar-refractivity contribution in [3.8, 4) is 0 Å². The van der Waals surface area contributed by atoms with E-state index in [0.29, 0.717) is 6.61 Å². The van der Waals surface area contributed by atoms with Crippen LogP contribution in [-0.2, 0) is 18.9 Å². The van der Waals surface area contributed by atoms with Crippen molar-refractivity contribution in [3.63, 3.8) is 0 Å². The highest BCUT2D eigenvalue weighted by Crippen LogP contribution is 2.35. The third-order valence-corrected chi connectivity index (χ3v) is 5.17. The van der Waals surface area contributed by atoms with Gasteiger partial charge in [-0.25, -0.2) is 0 Å². The monoisotopic (exact) mass is 403 g/mol. The van der Waals surface area contributed by atoms with Gasteiger partial charge in [-0.3, -0.25) is 0 Å². The Balaban J connectivity index is 1.56. The van der Waals surface area contributed by atoms with Crippen molar-refractivity contribution in [1.82, 2.24) is 0 Å². The maximum Gasteiger partial charge on any atom is 0.184 e. The van der Waals surface area contributed by atoms with Crippen LogP contribution in [0.5, 0.6) is 0 Å². The van der Waals surface area contributed by atoms with Crippen LogP contribution in [0.2, 0.25) is 0 Å². The van der Waals surface area contributed by atoms with Crippen LogP contribution < -0.4 is 0 Å². The second-order valence-corrected chi connectivity index (χ2v) is 7.27. The van der Waals surface area contributed by atoms with Gasteiger partial charge in [-0.2, -0.15) is 0 Å². The van der Waals surface area contributed by atoms with E-state index in [4.69, 9.17) is 24.5 Å². The molecule has 2 heterocycles. The first-order valence-electron chi connectivity index (χ1n) is 10.2. The molecule has 6 atom stereocenters. The molecule has 0 aliphatic carbocycles. The predicted octanol–water partition coefficient (Wildman–Crippen LogP) is 4.02. The summed E-state index contributed by atoms with van der Waals surface area (Å²) >= 11 is 0. The van der Waals surface area contributed by atoms with E-state index in [1.165, 1.54) is 0 Å². The SMILES string of the molecule is C=CCCCCCCO[C@@H]1OC2COC(c3ccccc3)O[C@H]2C(O)[C@@H]1N=[N+]=[N-]. The van der Waals surface area contributed by atoms with Crippen LogP contribution in [-0.4, -0.2) is 49.0 Å². The number of unbranched alkanes of at least 4 members (excludes halogenated alkanes) is 4. The first-order chi connectivity index (χ1) is 14.2. The molecular formula is C21H29N3O5. The van der Waals surface area contributed by atoms with Gasteiger partial charge < -0.3 is 24.1 Å². The smallest absolute Gasteiger partial charge is 0.184 e. The summed E-state index contributed by atoms with van der Waals surface area (Å²) in [4.78, 5) is 2.86. The van der Waals surface area contributed by atoms with Gasteiger partial charge in [-0.1, -0.05) is 54.4 Å². The van der Waals surface area contributed by atoms with Gasteiger partial charge in [0.1, 0.15) is 18.2 Å². The van der Waals surface area contributed by atoms with Crippen LogP contribution in [0.25, 0.3) is 10.4 Å². The number of ether oxygens (including phenoxy) is 4. The lowest BCUT2D eigenvalue weighted by Crippen LogP contribution is -2.61. The van der Waals surface area contributed by atoms with Gasteiger partial charge in [0, 0.05) is 17.1 Å². The van der Waals surface area contributed by atoms with Crippen LogP contribution in [0.1, 0.15) is 44.0 Å². The Morgan fingerprint density at radius 1 is 1.21 bits per heavy atom. The Morgan fingerprint density at radius 3 is 2.76 bits per heavy atom.